The Kier molecular flexibility index (Phi) is 4.69. The first-order chi connectivity index (χ1) is 13.1. The van der Waals surface area contributed by atoms with Crippen LogP contribution in [-0.4, -0.2) is 30.4 Å². The van der Waals surface area contributed by atoms with Gasteiger partial charge in [0.05, 0.1) is 23.8 Å². The van der Waals surface area contributed by atoms with Gasteiger partial charge < -0.3 is 5.32 Å². The standard InChI is InChI=1S/C18H14N6OS2/c1-10-3-4-12(18-19-5-6-26-18)7-13(10)14-8-21-15(9-20-14)22-17(25)16-11(2)23-24-27-16/h3-9H,1-2H3,(H,21,22,25). The Morgan fingerprint density at radius 2 is 2.00 bits per heavy atom. The quantitative estimate of drug-likeness (QED) is 0.562. The average Bonchev–Trinajstić information content (AvgIpc) is 3.35. The van der Waals surface area contributed by atoms with Gasteiger partial charge in [-0.05, 0) is 37.0 Å². The van der Waals surface area contributed by atoms with Crippen LogP contribution in [0, 0.1) is 13.8 Å². The van der Waals surface area contributed by atoms with Crippen molar-refractivity contribution in [2.75, 3.05) is 5.32 Å². The minimum absolute atomic E-state index is 0.286. The number of thiazole rings is 1. The first-order valence-corrected chi connectivity index (χ1v) is 9.70. The number of nitrogens with one attached hydrogen (secondary N) is 1. The van der Waals surface area contributed by atoms with Crippen molar-refractivity contribution in [2.45, 2.75) is 13.8 Å². The lowest BCUT2D eigenvalue weighted by atomic mass is 10.0. The van der Waals surface area contributed by atoms with Crippen LogP contribution in [0.5, 0.6) is 0 Å². The van der Waals surface area contributed by atoms with Gasteiger partial charge in [0.1, 0.15) is 9.88 Å². The summed E-state index contributed by atoms with van der Waals surface area (Å²) in [6.45, 7) is 3.77. The Labute approximate surface area is 163 Å². The summed E-state index contributed by atoms with van der Waals surface area (Å²) in [6, 6.07) is 6.15. The zero-order chi connectivity index (χ0) is 18.8. The second kappa shape index (κ2) is 7.29. The number of aromatic nitrogens is 5. The van der Waals surface area contributed by atoms with Gasteiger partial charge in [0.2, 0.25) is 0 Å². The molecule has 3 aromatic heterocycles. The molecule has 1 N–H and O–H groups in total. The largest absolute Gasteiger partial charge is 0.304 e. The minimum atomic E-state index is -0.286. The van der Waals surface area contributed by atoms with Gasteiger partial charge in [-0.25, -0.2) is 9.97 Å². The molecule has 0 saturated heterocycles. The van der Waals surface area contributed by atoms with Crippen LogP contribution in [0.25, 0.3) is 21.8 Å². The predicted octanol–water partition coefficient (Wildman–Crippen LogP) is 3.99. The second-order valence-electron chi connectivity index (χ2n) is 5.80. The molecule has 0 fully saturated rings. The first-order valence-electron chi connectivity index (χ1n) is 8.05. The number of carbonyl (C=O) groups is 1. The van der Waals surface area contributed by atoms with Gasteiger partial charge in [0.25, 0.3) is 5.91 Å². The minimum Gasteiger partial charge on any atom is -0.304 e. The molecule has 1 amide bonds. The lowest BCUT2D eigenvalue weighted by Gasteiger charge is -2.08. The number of nitrogens with zero attached hydrogens (tertiary/aromatic N) is 5. The lowest BCUT2D eigenvalue weighted by molar-refractivity contribution is 0.102. The van der Waals surface area contributed by atoms with Crippen molar-refractivity contribution in [2.24, 2.45) is 0 Å². The normalized spacial score (nSPS) is 10.7. The van der Waals surface area contributed by atoms with Crippen molar-refractivity contribution in [3.8, 4) is 21.8 Å². The first kappa shape index (κ1) is 17.4. The van der Waals surface area contributed by atoms with Gasteiger partial charge in [-0.15, -0.1) is 16.4 Å². The van der Waals surface area contributed by atoms with Crippen molar-refractivity contribution in [3.63, 3.8) is 0 Å². The number of benzene rings is 1. The van der Waals surface area contributed by atoms with Crippen LogP contribution in [0.1, 0.15) is 20.9 Å². The lowest BCUT2D eigenvalue weighted by Crippen LogP contribution is -2.13. The highest BCUT2D eigenvalue weighted by molar-refractivity contribution is 7.13. The number of carbonyl (C=O) groups excluding carboxylic acids is 1. The predicted molar refractivity (Wildman–Crippen MR) is 106 cm³/mol. The summed E-state index contributed by atoms with van der Waals surface area (Å²) in [4.78, 5) is 25.8. The number of hydrogen-bond donors (Lipinski definition) is 1. The summed E-state index contributed by atoms with van der Waals surface area (Å²) in [5, 5.41) is 9.47. The van der Waals surface area contributed by atoms with Crippen molar-refractivity contribution < 1.29 is 4.79 Å². The molecular formula is C18H14N6OS2. The van der Waals surface area contributed by atoms with Gasteiger partial charge in [0.15, 0.2) is 5.82 Å². The van der Waals surface area contributed by atoms with E-state index in [4.69, 9.17) is 0 Å². The van der Waals surface area contributed by atoms with Gasteiger partial charge in [0, 0.05) is 22.7 Å². The molecule has 3 heterocycles. The molecule has 0 unspecified atom stereocenters. The van der Waals surface area contributed by atoms with E-state index in [2.05, 4.69) is 35.9 Å². The highest BCUT2D eigenvalue weighted by Gasteiger charge is 2.14. The third kappa shape index (κ3) is 3.60. The Morgan fingerprint density at radius 3 is 2.67 bits per heavy atom. The number of anilines is 1. The molecule has 0 aliphatic heterocycles. The Hall–Kier alpha value is -3.04. The fraction of sp³-hybridized carbons (Fsp3) is 0.111. The molecule has 0 aliphatic rings. The van der Waals surface area contributed by atoms with E-state index < -0.39 is 0 Å². The van der Waals surface area contributed by atoms with E-state index in [9.17, 15) is 4.79 Å². The van der Waals surface area contributed by atoms with Crippen LogP contribution in [0.15, 0.2) is 42.2 Å². The summed E-state index contributed by atoms with van der Waals surface area (Å²) >= 11 is 2.64. The van der Waals surface area contributed by atoms with Crippen LogP contribution in [0.4, 0.5) is 5.82 Å². The van der Waals surface area contributed by atoms with Gasteiger partial charge in [-0.3, -0.25) is 9.78 Å². The van der Waals surface area contributed by atoms with Crippen molar-refractivity contribution in [1.29, 1.82) is 0 Å². The van der Waals surface area contributed by atoms with Gasteiger partial charge in [-0.2, -0.15) is 0 Å². The zero-order valence-corrected chi connectivity index (χ0v) is 16.1. The van der Waals surface area contributed by atoms with Gasteiger partial charge >= 0.3 is 0 Å². The monoisotopic (exact) mass is 394 g/mol. The van der Waals surface area contributed by atoms with Crippen LogP contribution in [0.2, 0.25) is 0 Å². The highest BCUT2D eigenvalue weighted by atomic mass is 32.1. The van der Waals surface area contributed by atoms with Crippen LogP contribution < -0.4 is 5.32 Å². The number of amides is 1. The summed E-state index contributed by atoms with van der Waals surface area (Å²) in [5.74, 6) is 0.0942. The topological polar surface area (TPSA) is 93.6 Å². The maximum atomic E-state index is 12.2. The van der Waals surface area contributed by atoms with Crippen LogP contribution >= 0.6 is 22.9 Å². The van der Waals surface area contributed by atoms with E-state index >= 15 is 0 Å². The molecule has 0 aliphatic carbocycles. The molecule has 0 saturated carbocycles. The molecule has 0 bridgehead atoms. The van der Waals surface area contributed by atoms with Crippen molar-refractivity contribution in [1.82, 2.24) is 24.5 Å². The van der Waals surface area contributed by atoms with E-state index in [-0.39, 0.29) is 5.91 Å². The molecule has 9 heteroatoms. The molecule has 134 valence electrons. The summed E-state index contributed by atoms with van der Waals surface area (Å²) in [5.41, 5.74) is 4.44. The Bertz CT molecular complexity index is 1090. The zero-order valence-electron chi connectivity index (χ0n) is 14.5. The molecule has 1 aromatic carbocycles. The van der Waals surface area contributed by atoms with E-state index in [0.29, 0.717) is 16.4 Å². The Morgan fingerprint density at radius 1 is 1.11 bits per heavy atom. The number of rotatable bonds is 4. The molecule has 0 atom stereocenters. The smallest absolute Gasteiger partial charge is 0.270 e. The van der Waals surface area contributed by atoms with E-state index in [1.807, 2.05) is 24.4 Å². The summed E-state index contributed by atoms with van der Waals surface area (Å²) in [7, 11) is 0. The van der Waals surface area contributed by atoms with E-state index in [0.717, 1.165) is 38.9 Å². The number of hydrogen-bond acceptors (Lipinski definition) is 8. The van der Waals surface area contributed by atoms with E-state index in [1.54, 1.807) is 36.9 Å². The van der Waals surface area contributed by atoms with Crippen LogP contribution in [-0.2, 0) is 0 Å². The Balaban J connectivity index is 1.58. The molecule has 0 spiro atoms. The molecule has 4 aromatic rings. The van der Waals surface area contributed by atoms with Crippen molar-refractivity contribution in [3.05, 3.63) is 58.3 Å². The molecule has 0 radical (unpaired) electrons. The van der Waals surface area contributed by atoms with Crippen LogP contribution in [0.3, 0.4) is 0 Å². The fourth-order valence-corrected chi connectivity index (χ4v) is 3.73. The van der Waals surface area contributed by atoms with Crippen molar-refractivity contribution >= 4 is 34.6 Å². The highest BCUT2D eigenvalue weighted by Crippen LogP contribution is 2.29. The van der Waals surface area contributed by atoms with E-state index in [1.165, 1.54) is 0 Å². The SMILES string of the molecule is Cc1ccc(-c2nccs2)cc1-c1cnc(NC(=O)c2snnc2C)cn1. The average molecular weight is 394 g/mol. The maximum Gasteiger partial charge on any atom is 0.270 e. The summed E-state index contributed by atoms with van der Waals surface area (Å²) < 4.78 is 3.77. The third-order valence-corrected chi connectivity index (χ3v) is 5.59. The molecule has 4 rings (SSSR count). The summed E-state index contributed by atoms with van der Waals surface area (Å²) in [6.07, 6.45) is 4.99. The molecular weight excluding hydrogens is 380 g/mol. The van der Waals surface area contributed by atoms with Gasteiger partial charge in [-0.1, -0.05) is 16.6 Å². The molecule has 27 heavy (non-hydrogen) atoms. The molecule has 7 nitrogen and oxygen atoms in total. The fourth-order valence-electron chi connectivity index (χ4n) is 2.54. The third-order valence-electron chi connectivity index (χ3n) is 3.94. The second-order valence-corrected chi connectivity index (χ2v) is 7.44. The maximum absolute atomic E-state index is 12.2. The number of aryl methyl sites for hydroxylation is 2.